The molecule has 0 aromatic heterocycles. The zero-order chi connectivity index (χ0) is 21.9. The fourth-order valence-electron chi connectivity index (χ4n) is 2.54. The van der Waals surface area contributed by atoms with Gasteiger partial charge in [0.15, 0.2) is 11.9 Å². The fourth-order valence-corrected chi connectivity index (χ4v) is 2.54. The molecule has 1 N–H and O–H groups in total. The lowest BCUT2D eigenvalue weighted by molar-refractivity contribution is -0.153. The molecule has 0 aliphatic carbocycles. The lowest BCUT2D eigenvalue weighted by Crippen LogP contribution is -2.30. The Labute approximate surface area is 176 Å². The predicted molar refractivity (Wildman–Crippen MR) is 113 cm³/mol. The second-order valence-electron chi connectivity index (χ2n) is 6.65. The van der Waals surface area contributed by atoms with Gasteiger partial charge in [-0.3, -0.25) is 14.4 Å². The number of benzene rings is 2. The van der Waals surface area contributed by atoms with Gasteiger partial charge in [0.1, 0.15) is 11.5 Å². The van der Waals surface area contributed by atoms with Gasteiger partial charge in [-0.1, -0.05) is 6.92 Å². The zero-order valence-corrected chi connectivity index (χ0v) is 17.5. The van der Waals surface area contributed by atoms with Crippen molar-refractivity contribution < 1.29 is 28.6 Å². The zero-order valence-electron chi connectivity index (χ0n) is 17.5. The van der Waals surface area contributed by atoms with Crippen molar-refractivity contribution in [2.75, 3.05) is 19.0 Å². The van der Waals surface area contributed by atoms with Gasteiger partial charge in [0.2, 0.25) is 0 Å². The van der Waals surface area contributed by atoms with E-state index in [0.29, 0.717) is 29.4 Å². The standard InChI is InChI=1S/C23H27NO6/c1-4-15-29-20-9-5-17(6-10-20)21(25)13-14-22(26)30-16(2)23(27)24-18-7-11-19(28-3)12-8-18/h5-12,16H,4,13-15H2,1-3H3,(H,24,27). The van der Waals surface area contributed by atoms with Crippen LogP contribution < -0.4 is 14.8 Å². The van der Waals surface area contributed by atoms with Crippen LogP contribution in [0.2, 0.25) is 0 Å². The van der Waals surface area contributed by atoms with Crippen molar-refractivity contribution in [2.45, 2.75) is 39.2 Å². The lowest BCUT2D eigenvalue weighted by atomic mass is 10.1. The van der Waals surface area contributed by atoms with Crippen molar-refractivity contribution >= 4 is 23.3 Å². The first-order chi connectivity index (χ1) is 14.4. The first-order valence-electron chi connectivity index (χ1n) is 9.83. The number of amides is 1. The molecule has 0 radical (unpaired) electrons. The van der Waals surface area contributed by atoms with E-state index < -0.39 is 18.0 Å². The van der Waals surface area contributed by atoms with Crippen molar-refractivity contribution in [1.29, 1.82) is 0 Å². The Morgan fingerprint density at radius 3 is 2.17 bits per heavy atom. The number of ether oxygens (including phenoxy) is 3. The number of anilines is 1. The summed E-state index contributed by atoms with van der Waals surface area (Å²) in [6.45, 7) is 4.11. The Balaban J connectivity index is 1.77. The minimum absolute atomic E-state index is 0.000810. The van der Waals surface area contributed by atoms with Gasteiger partial charge in [-0.2, -0.15) is 0 Å². The van der Waals surface area contributed by atoms with E-state index in [2.05, 4.69) is 5.32 Å². The quantitative estimate of drug-likeness (QED) is 0.442. The molecule has 0 spiro atoms. The molecule has 2 aromatic carbocycles. The smallest absolute Gasteiger partial charge is 0.307 e. The minimum Gasteiger partial charge on any atom is -0.497 e. The summed E-state index contributed by atoms with van der Waals surface area (Å²) >= 11 is 0. The number of ketones is 1. The molecule has 7 nitrogen and oxygen atoms in total. The first kappa shape index (κ1) is 22.9. The maximum Gasteiger partial charge on any atom is 0.307 e. The van der Waals surface area contributed by atoms with E-state index in [0.717, 1.165) is 6.42 Å². The average molecular weight is 413 g/mol. The summed E-state index contributed by atoms with van der Waals surface area (Å²) in [6, 6.07) is 13.6. The van der Waals surface area contributed by atoms with Gasteiger partial charge in [-0.15, -0.1) is 0 Å². The molecule has 0 aliphatic heterocycles. The summed E-state index contributed by atoms with van der Waals surface area (Å²) in [5.41, 5.74) is 1.06. The van der Waals surface area contributed by atoms with Gasteiger partial charge in [-0.05, 0) is 61.9 Å². The van der Waals surface area contributed by atoms with Crippen LogP contribution in [0.15, 0.2) is 48.5 Å². The molecule has 0 heterocycles. The van der Waals surface area contributed by atoms with E-state index in [4.69, 9.17) is 14.2 Å². The summed E-state index contributed by atoms with van der Waals surface area (Å²) in [5, 5.41) is 2.66. The van der Waals surface area contributed by atoms with Crippen molar-refractivity contribution in [3.63, 3.8) is 0 Å². The maximum absolute atomic E-state index is 12.2. The molecule has 2 rings (SSSR count). The highest BCUT2D eigenvalue weighted by Gasteiger charge is 2.19. The number of nitrogens with one attached hydrogen (secondary N) is 1. The maximum atomic E-state index is 12.2. The Bertz CT molecular complexity index is 845. The van der Waals surface area contributed by atoms with Crippen molar-refractivity contribution in [3.8, 4) is 11.5 Å². The number of carbonyl (C=O) groups excluding carboxylic acids is 3. The molecule has 0 fully saturated rings. The van der Waals surface area contributed by atoms with Crippen LogP contribution in [-0.2, 0) is 14.3 Å². The molecule has 30 heavy (non-hydrogen) atoms. The highest BCUT2D eigenvalue weighted by atomic mass is 16.5. The predicted octanol–water partition coefficient (Wildman–Crippen LogP) is 4.02. The van der Waals surface area contributed by atoms with Crippen LogP contribution in [0.25, 0.3) is 0 Å². The number of carbonyl (C=O) groups is 3. The van der Waals surface area contributed by atoms with E-state index in [1.54, 1.807) is 55.6 Å². The summed E-state index contributed by atoms with van der Waals surface area (Å²) in [4.78, 5) is 36.4. The summed E-state index contributed by atoms with van der Waals surface area (Å²) in [7, 11) is 1.55. The van der Waals surface area contributed by atoms with Crippen LogP contribution in [0.3, 0.4) is 0 Å². The van der Waals surface area contributed by atoms with Gasteiger partial charge in [0.25, 0.3) is 5.91 Å². The van der Waals surface area contributed by atoms with E-state index in [-0.39, 0.29) is 18.6 Å². The van der Waals surface area contributed by atoms with Crippen molar-refractivity contribution in [1.82, 2.24) is 0 Å². The van der Waals surface area contributed by atoms with E-state index in [1.807, 2.05) is 6.92 Å². The van der Waals surface area contributed by atoms with Gasteiger partial charge in [0.05, 0.1) is 20.1 Å². The van der Waals surface area contributed by atoms with E-state index >= 15 is 0 Å². The highest BCUT2D eigenvalue weighted by molar-refractivity contribution is 5.98. The molecule has 7 heteroatoms. The summed E-state index contributed by atoms with van der Waals surface area (Å²) in [5.74, 6) is 0.125. The Hall–Kier alpha value is -3.35. The van der Waals surface area contributed by atoms with Crippen LogP contribution >= 0.6 is 0 Å². The average Bonchev–Trinajstić information content (AvgIpc) is 2.76. The number of methoxy groups -OCH3 is 1. The molecule has 1 atom stereocenters. The number of rotatable bonds is 11. The molecule has 160 valence electrons. The summed E-state index contributed by atoms with van der Waals surface area (Å²) in [6.07, 6.45) is -0.183. The molecule has 0 aliphatic rings. The number of hydrogen-bond acceptors (Lipinski definition) is 6. The normalized spacial score (nSPS) is 11.3. The fraction of sp³-hybridized carbons (Fsp3) is 0.348. The van der Waals surface area contributed by atoms with E-state index in [9.17, 15) is 14.4 Å². The Morgan fingerprint density at radius 2 is 1.57 bits per heavy atom. The molecule has 0 saturated heterocycles. The third kappa shape index (κ3) is 7.24. The van der Waals surface area contributed by atoms with Crippen LogP contribution in [0.1, 0.15) is 43.5 Å². The van der Waals surface area contributed by atoms with Crippen molar-refractivity contribution in [2.24, 2.45) is 0 Å². The lowest BCUT2D eigenvalue weighted by Gasteiger charge is -2.13. The molecule has 1 amide bonds. The van der Waals surface area contributed by atoms with Gasteiger partial charge in [0, 0.05) is 17.7 Å². The summed E-state index contributed by atoms with van der Waals surface area (Å²) < 4.78 is 15.7. The third-order valence-corrected chi connectivity index (χ3v) is 4.24. The van der Waals surface area contributed by atoms with Gasteiger partial charge in [-0.25, -0.2) is 0 Å². The van der Waals surface area contributed by atoms with Crippen LogP contribution in [-0.4, -0.2) is 37.5 Å². The first-order valence-corrected chi connectivity index (χ1v) is 9.83. The number of hydrogen-bond donors (Lipinski definition) is 1. The monoisotopic (exact) mass is 413 g/mol. The van der Waals surface area contributed by atoms with Gasteiger partial charge < -0.3 is 19.5 Å². The molecule has 0 saturated carbocycles. The minimum atomic E-state index is -0.982. The topological polar surface area (TPSA) is 90.9 Å². The number of Topliss-reactive ketones (excluding diaryl/α,β-unsaturated/α-hetero) is 1. The largest absolute Gasteiger partial charge is 0.497 e. The Morgan fingerprint density at radius 1 is 0.933 bits per heavy atom. The van der Waals surface area contributed by atoms with Crippen molar-refractivity contribution in [3.05, 3.63) is 54.1 Å². The van der Waals surface area contributed by atoms with Crippen LogP contribution in [0.4, 0.5) is 5.69 Å². The van der Waals surface area contributed by atoms with Crippen LogP contribution in [0, 0.1) is 0 Å². The second kappa shape index (κ2) is 11.6. The van der Waals surface area contributed by atoms with E-state index in [1.165, 1.54) is 6.92 Å². The molecule has 1 unspecified atom stereocenters. The van der Waals surface area contributed by atoms with Crippen LogP contribution in [0.5, 0.6) is 11.5 Å². The number of esters is 1. The second-order valence-corrected chi connectivity index (χ2v) is 6.65. The van der Waals surface area contributed by atoms with Gasteiger partial charge >= 0.3 is 5.97 Å². The SMILES string of the molecule is CCCOc1ccc(C(=O)CCC(=O)OC(C)C(=O)Nc2ccc(OC)cc2)cc1. The third-order valence-electron chi connectivity index (χ3n) is 4.24. The molecule has 2 aromatic rings. The molecular weight excluding hydrogens is 386 g/mol. The highest BCUT2D eigenvalue weighted by Crippen LogP contribution is 2.16. The Kier molecular flexibility index (Phi) is 8.87. The molecule has 0 bridgehead atoms. The molecular formula is C23H27NO6.